The molecule has 1 atom stereocenters. The van der Waals surface area contributed by atoms with Crippen molar-refractivity contribution in [3.63, 3.8) is 0 Å². The van der Waals surface area contributed by atoms with Crippen LogP contribution >= 0.6 is 11.3 Å². The fourth-order valence-corrected chi connectivity index (χ4v) is 2.66. The molecule has 0 unspecified atom stereocenters. The van der Waals surface area contributed by atoms with Crippen LogP contribution in [0.1, 0.15) is 16.5 Å². The zero-order valence-corrected chi connectivity index (χ0v) is 12.0. The summed E-state index contributed by atoms with van der Waals surface area (Å²) in [6.07, 6.45) is 0. The zero-order valence-electron chi connectivity index (χ0n) is 11.2. The van der Waals surface area contributed by atoms with Gasteiger partial charge >= 0.3 is 0 Å². The van der Waals surface area contributed by atoms with Gasteiger partial charge < -0.3 is 19.9 Å². The van der Waals surface area contributed by atoms with Gasteiger partial charge in [-0.1, -0.05) is 6.07 Å². The molecule has 1 aromatic heterocycles. The van der Waals surface area contributed by atoms with Crippen molar-refractivity contribution in [3.05, 3.63) is 40.1 Å². The monoisotopic (exact) mass is 279 g/mol. The predicted octanol–water partition coefficient (Wildman–Crippen LogP) is 2.82. The highest BCUT2D eigenvalue weighted by molar-refractivity contribution is 7.10. The van der Waals surface area contributed by atoms with Crippen molar-refractivity contribution in [2.75, 3.05) is 21.3 Å². The Kier molecular flexibility index (Phi) is 4.29. The molecule has 5 heteroatoms. The van der Waals surface area contributed by atoms with Crippen molar-refractivity contribution in [2.45, 2.75) is 6.04 Å². The molecule has 1 heterocycles. The normalized spacial score (nSPS) is 12.0. The minimum absolute atomic E-state index is 0.241. The van der Waals surface area contributed by atoms with Crippen molar-refractivity contribution >= 4 is 11.3 Å². The second-order valence-electron chi connectivity index (χ2n) is 3.94. The van der Waals surface area contributed by atoms with E-state index in [4.69, 9.17) is 19.9 Å². The van der Waals surface area contributed by atoms with Crippen LogP contribution in [-0.4, -0.2) is 21.3 Å². The molecule has 4 nitrogen and oxygen atoms in total. The van der Waals surface area contributed by atoms with Gasteiger partial charge in [0.25, 0.3) is 0 Å². The third kappa shape index (κ3) is 2.67. The first-order chi connectivity index (χ1) is 9.21. The molecule has 0 bridgehead atoms. The Bertz CT molecular complexity index is 540. The molecule has 2 rings (SSSR count). The molecule has 2 aromatic rings. The molecule has 19 heavy (non-hydrogen) atoms. The molecule has 0 amide bonds. The molecule has 0 fully saturated rings. The molecule has 2 N–H and O–H groups in total. The van der Waals surface area contributed by atoms with Crippen molar-refractivity contribution in [2.24, 2.45) is 5.73 Å². The summed E-state index contributed by atoms with van der Waals surface area (Å²) in [7, 11) is 4.81. The lowest BCUT2D eigenvalue weighted by Gasteiger charge is -2.17. The fraction of sp³-hybridized carbons (Fsp3) is 0.286. The zero-order chi connectivity index (χ0) is 13.8. The first-order valence-electron chi connectivity index (χ1n) is 5.80. The maximum Gasteiger partial charge on any atom is 0.164 e. The van der Waals surface area contributed by atoms with Gasteiger partial charge in [0.2, 0.25) is 0 Å². The molecule has 0 spiro atoms. The van der Waals surface area contributed by atoms with Crippen LogP contribution in [0.25, 0.3) is 0 Å². The number of rotatable bonds is 5. The van der Waals surface area contributed by atoms with E-state index in [-0.39, 0.29) is 6.04 Å². The van der Waals surface area contributed by atoms with E-state index in [1.165, 1.54) is 0 Å². The van der Waals surface area contributed by atoms with Gasteiger partial charge in [0.05, 0.1) is 27.4 Å². The Hall–Kier alpha value is -1.72. The van der Waals surface area contributed by atoms with Crippen molar-refractivity contribution in [3.8, 4) is 17.2 Å². The fourth-order valence-electron chi connectivity index (χ4n) is 1.92. The summed E-state index contributed by atoms with van der Waals surface area (Å²) < 4.78 is 16.0. The summed E-state index contributed by atoms with van der Waals surface area (Å²) >= 11 is 1.62. The van der Waals surface area contributed by atoms with Crippen LogP contribution in [0.4, 0.5) is 0 Å². The molecule has 0 radical (unpaired) electrons. The van der Waals surface area contributed by atoms with Gasteiger partial charge in [0.1, 0.15) is 5.75 Å². The predicted molar refractivity (Wildman–Crippen MR) is 76.4 cm³/mol. The lowest BCUT2D eigenvalue weighted by Crippen LogP contribution is -2.12. The maximum absolute atomic E-state index is 6.29. The maximum atomic E-state index is 6.29. The summed E-state index contributed by atoms with van der Waals surface area (Å²) in [5.74, 6) is 1.96. The van der Waals surface area contributed by atoms with Gasteiger partial charge in [-0.3, -0.25) is 0 Å². The summed E-state index contributed by atoms with van der Waals surface area (Å²) in [5, 5.41) is 2.00. The average molecular weight is 279 g/mol. The van der Waals surface area contributed by atoms with E-state index in [1.54, 1.807) is 38.7 Å². The SMILES string of the molecule is COc1cc(OC)c([C@@H](N)c2cccs2)cc1OC. The Morgan fingerprint density at radius 3 is 2.16 bits per heavy atom. The molecule has 102 valence electrons. The quantitative estimate of drug-likeness (QED) is 0.914. The second kappa shape index (κ2) is 5.95. The number of methoxy groups -OCH3 is 3. The lowest BCUT2D eigenvalue weighted by molar-refractivity contribution is 0.347. The molecule has 0 saturated carbocycles. The second-order valence-corrected chi connectivity index (χ2v) is 4.92. The van der Waals surface area contributed by atoms with Gasteiger partial charge in [0.15, 0.2) is 11.5 Å². The number of hydrogen-bond donors (Lipinski definition) is 1. The van der Waals surface area contributed by atoms with Crippen LogP contribution < -0.4 is 19.9 Å². The smallest absolute Gasteiger partial charge is 0.164 e. The Morgan fingerprint density at radius 1 is 1.00 bits per heavy atom. The van der Waals surface area contributed by atoms with Crippen LogP contribution in [0, 0.1) is 0 Å². The minimum Gasteiger partial charge on any atom is -0.496 e. The topological polar surface area (TPSA) is 53.7 Å². The number of ether oxygens (including phenoxy) is 3. The van der Waals surface area contributed by atoms with Crippen LogP contribution in [0.2, 0.25) is 0 Å². The third-order valence-corrected chi connectivity index (χ3v) is 3.88. The number of hydrogen-bond acceptors (Lipinski definition) is 5. The highest BCUT2D eigenvalue weighted by Crippen LogP contribution is 2.39. The van der Waals surface area contributed by atoms with Gasteiger partial charge in [-0.15, -0.1) is 11.3 Å². The van der Waals surface area contributed by atoms with E-state index >= 15 is 0 Å². The molecular formula is C14H17NO3S. The van der Waals surface area contributed by atoms with Gasteiger partial charge in [-0.25, -0.2) is 0 Å². The average Bonchev–Trinajstić information content (AvgIpc) is 2.99. The summed E-state index contributed by atoms with van der Waals surface area (Å²) in [6, 6.07) is 7.40. The van der Waals surface area contributed by atoms with Gasteiger partial charge in [0, 0.05) is 16.5 Å². The van der Waals surface area contributed by atoms with Crippen LogP contribution in [0.3, 0.4) is 0 Å². The number of thiophene rings is 1. The Morgan fingerprint density at radius 2 is 1.63 bits per heavy atom. The molecule has 0 aliphatic rings. The first-order valence-corrected chi connectivity index (χ1v) is 6.68. The summed E-state index contributed by atoms with van der Waals surface area (Å²) in [6.45, 7) is 0. The van der Waals surface area contributed by atoms with E-state index in [0.29, 0.717) is 17.2 Å². The van der Waals surface area contributed by atoms with Gasteiger partial charge in [-0.05, 0) is 17.5 Å². The van der Waals surface area contributed by atoms with Crippen molar-refractivity contribution in [1.82, 2.24) is 0 Å². The Labute approximate surface area is 116 Å². The van der Waals surface area contributed by atoms with E-state index in [2.05, 4.69) is 0 Å². The van der Waals surface area contributed by atoms with E-state index < -0.39 is 0 Å². The Balaban J connectivity index is 2.49. The van der Waals surface area contributed by atoms with Gasteiger partial charge in [-0.2, -0.15) is 0 Å². The highest BCUT2D eigenvalue weighted by atomic mass is 32.1. The van der Waals surface area contributed by atoms with Crippen LogP contribution in [0.5, 0.6) is 17.2 Å². The largest absolute Gasteiger partial charge is 0.496 e. The molecule has 1 aromatic carbocycles. The lowest BCUT2D eigenvalue weighted by atomic mass is 10.0. The van der Waals surface area contributed by atoms with E-state index in [9.17, 15) is 0 Å². The van der Waals surface area contributed by atoms with Crippen LogP contribution in [0.15, 0.2) is 29.6 Å². The number of benzene rings is 1. The summed E-state index contributed by atoms with van der Waals surface area (Å²) in [4.78, 5) is 1.07. The van der Waals surface area contributed by atoms with Crippen molar-refractivity contribution in [1.29, 1.82) is 0 Å². The first kappa shape index (κ1) is 13.7. The summed E-state index contributed by atoms with van der Waals surface area (Å²) in [5.41, 5.74) is 7.16. The molecular weight excluding hydrogens is 262 g/mol. The molecule has 0 aliphatic heterocycles. The van der Waals surface area contributed by atoms with Crippen LogP contribution in [-0.2, 0) is 0 Å². The minimum atomic E-state index is -0.241. The number of nitrogens with two attached hydrogens (primary N) is 1. The standard InChI is InChI=1S/C14H17NO3S/c1-16-10-8-12(18-3)11(17-2)7-9(10)14(15)13-5-4-6-19-13/h4-8,14H,15H2,1-3H3/t14-/m1/s1. The van der Waals surface area contributed by atoms with E-state index in [0.717, 1.165) is 10.4 Å². The molecule has 0 aliphatic carbocycles. The highest BCUT2D eigenvalue weighted by Gasteiger charge is 2.19. The van der Waals surface area contributed by atoms with Crippen molar-refractivity contribution < 1.29 is 14.2 Å². The molecule has 0 saturated heterocycles. The van der Waals surface area contributed by atoms with E-state index in [1.807, 2.05) is 23.6 Å². The third-order valence-electron chi connectivity index (χ3n) is 2.92.